The summed E-state index contributed by atoms with van der Waals surface area (Å²) in [7, 11) is 0. The summed E-state index contributed by atoms with van der Waals surface area (Å²) >= 11 is 6.12. The molecule has 1 heteroatoms. The average molecular weight is 208 g/mol. The van der Waals surface area contributed by atoms with Gasteiger partial charge in [0.2, 0.25) is 0 Å². The Balaban J connectivity index is 1.99. The van der Waals surface area contributed by atoms with Crippen molar-refractivity contribution < 1.29 is 0 Å². The Morgan fingerprint density at radius 1 is 1.29 bits per heavy atom. The van der Waals surface area contributed by atoms with Crippen LogP contribution in [0.3, 0.4) is 0 Å². The molecule has 0 heterocycles. The molecule has 0 saturated heterocycles. The van der Waals surface area contributed by atoms with Gasteiger partial charge in [0, 0.05) is 5.02 Å². The fourth-order valence-corrected chi connectivity index (χ4v) is 2.50. The first-order valence-corrected chi connectivity index (χ1v) is 5.88. The largest absolute Gasteiger partial charge is 0.0840 e. The van der Waals surface area contributed by atoms with E-state index in [2.05, 4.69) is 6.07 Å². The molecule has 0 atom stereocenters. The average Bonchev–Trinajstić information content (AvgIpc) is 2.23. The summed E-state index contributed by atoms with van der Waals surface area (Å²) in [6, 6.07) is 8.97. The lowest BCUT2D eigenvalue weighted by Gasteiger charge is -2.21. The molecule has 1 aliphatic carbocycles. The lowest BCUT2D eigenvalue weighted by molar-refractivity contribution is 0.357. The van der Waals surface area contributed by atoms with Crippen molar-refractivity contribution in [1.29, 1.82) is 0 Å². The van der Waals surface area contributed by atoms with E-state index in [1.54, 1.807) is 0 Å². The fourth-order valence-electron chi connectivity index (χ4n) is 2.30. The standard InChI is InChI=1S/C13H16Cl/c14-13-9-5-4-8-12(13)10-11-6-2-1-3-7-11/h5,8-9,11H,1-3,6-7,10H2. The van der Waals surface area contributed by atoms with Gasteiger partial charge in [-0.15, -0.1) is 0 Å². The predicted molar refractivity (Wildman–Crippen MR) is 60.6 cm³/mol. The highest BCUT2D eigenvalue weighted by Gasteiger charge is 2.14. The number of hydrogen-bond acceptors (Lipinski definition) is 0. The van der Waals surface area contributed by atoms with Gasteiger partial charge < -0.3 is 0 Å². The van der Waals surface area contributed by atoms with Crippen LogP contribution in [0.1, 0.15) is 37.7 Å². The first-order chi connectivity index (χ1) is 6.86. The normalized spacial score (nSPS) is 18.4. The third-order valence-electron chi connectivity index (χ3n) is 3.12. The van der Waals surface area contributed by atoms with E-state index in [1.807, 2.05) is 18.2 Å². The molecule has 75 valence electrons. The monoisotopic (exact) mass is 207 g/mol. The van der Waals surface area contributed by atoms with Crippen LogP contribution in [0.2, 0.25) is 5.02 Å². The zero-order chi connectivity index (χ0) is 9.80. The van der Waals surface area contributed by atoms with E-state index in [0.717, 1.165) is 17.4 Å². The Labute approximate surface area is 91.3 Å². The van der Waals surface area contributed by atoms with Crippen LogP contribution in [-0.4, -0.2) is 0 Å². The summed E-state index contributed by atoms with van der Waals surface area (Å²) < 4.78 is 0. The van der Waals surface area contributed by atoms with Gasteiger partial charge in [0.15, 0.2) is 0 Å². The summed E-state index contributed by atoms with van der Waals surface area (Å²) in [4.78, 5) is 0. The van der Waals surface area contributed by atoms with Gasteiger partial charge in [-0.1, -0.05) is 49.8 Å². The molecule has 0 nitrogen and oxygen atoms in total. The summed E-state index contributed by atoms with van der Waals surface area (Å²) in [6.45, 7) is 0. The topological polar surface area (TPSA) is 0 Å². The lowest BCUT2D eigenvalue weighted by atomic mass is 9.85. The summed E-state index contributed by atoms with van der Waals surface area (Å²) in [5.74, 6) is 0.858. The second-order valence-electron chi connectivity index (χ2n) is 4.23. The van der Waals surface area contributed by atoms with Crippen molar-refractivity contribution in [3.05, 3.63) is 34.9 Å². The van der Waals surface area contributed by atoms with Gasteiger partial charge >= 0.3 is 0 Å². The van der Waals surface area contributed by atoms with Gasteiger partial charge in [0.25, 0.3) is 0 Å². The fraction of sp³-hybridized carbons (Fsp3) is 0.538. The maximum Gasteiger partial charge on any atom is 0.0438 e. The van der Waals surface area contributed by atoms with Crippen LogP contribution in [0.25, 0.3) is 0 Å². The zero-order valence-corrected chi connectivity index (χ0v) is 9.19. The molecule has 1 aromatic rings. The smallest absolute Gasteiger partial charge is 0.0438 e. The summed E-state index contributed by atoms with van der Waals surface area (Å²) in [5.41, 5.74) is 1.28. The van der Waals surface area contributed by atoms with Crippen molar-refractivity contribution in [2.24, 2.45) is 5.92 Å². The van der Waals surface area contributed by atoms with Crippen molar-refractivity contribution in [2.75, 3.05) is 0 Å². The molecular formula is C13H16Cl. The maximum atomic E-state index is 6.12. The second kappa shape index (κ2) is 4.84. The van der Waals surface area contributed by atoms with E-state index >= 15 is 0 Å². The predicted octanol–water partition coefficient (Wildman–Crippen LogP) is 4.26. The van der Waals surface area contributed by atoms with Crippen molar-refractivity contribution >= 4 is 11.6 Å². The molecule has 1 aromatic carbocycles. The number of hydrogen-bond donors (Lipinski definition) is 0. The van der Waals surface area contributed by atoms with Gasteiger partial charge in [-0.05, 0) is 36.1 Å². The highest BCUT2D eigenvalue weighted by molar-refractivity contribution is 6.31. The van der Waals surface area contributed by atoms with E-state index in [0.29, 0.717) is 0 Å². The minimum atomic E-state index is 0.858. The number of halogens is 1. The molecule has 0 spiro atoms. The molecule has 14 heavy (non-hydrogen) atoms. The van der Waals surface area contributed by atoms with Crippen LogP contribution in [0.5, 0.6) is 0 Å². The highest BCUT2D eigenvalue weighted by Crippen LogP contribution is 2.28. The quantitative estimate of drug-likeness (QED) is 0.680. The third-order valence-corrected chi connectivity index (χ3v) is 3.49. The SMILES string of the molecule is Clc1cc[c]cc1CC1CCCCC1. The van der Waals surface area contributed by atoms with E-state index in [-0.39, 0.29) is 0 Å². The Morgan fingerprint density at radius 3 is 2.79 bits per heavy atom. The van der Waals surface area contributed by atoms with Crippen LogP contribution in [0.4, 0.5) is 0 Å². The van der Waals surface area contributed by atoms with E-state index < -0.39 is 0 Å². The van der Waals surface area contributed by atoms with Crippen LogP contribution < -0.4 is 0 Å². The number of benzene rings is 1. The van der Waals surface area contributed by atoms with Gasteiger partial charge in [0.1, 0.15) is 0 Å². The van der Waals surface area contributed by atoms with Crippen molar-refractivity contribution in [1.82, 2.24) is 0 Å². The number of rotatable bonds is 2. The van der Waals surface area contributed by atoms with E-state index in [9.17, 15) is 0 Å². The van der Waals surface area contributed by atoms with Gasteiger partial charge in [-0.2, -0.15) is 0 Å². The minimum absolute atomic E-state index is 0.858. The Morgan fingerprint density at radius 2 is 2.07 bits per heavy atom. The van der Waals surface area contributed by atoms with Crippen molar-refractivity contribution in [3.8, 4) is 0 Å². The highest BCUT2D eigenvalue weighted by atomic mass is 35.5. The van der Waals surface area contributed by atoms with Crippen LogP contribution >= 0.6 is 11.6 Å². The van der Waals surface area contributed by atoms with Crippen molar-refractivity contribution in [2.45, 2.75) is 38.5 Å². The minimum Gasteiger partial charge on any atom is -0.0840 e. The van der Waals surface area contributed by atoms with E-state index in [4.69, 9.17) is 11.6 Å². The zero-order valence-electron chi connectivity index (χ0n) is 8.43. The molecule has 2 rings (SSSR count). The molecule has 0 amide bonds. The molecule has 0 aromatic heterocycles. The first-order valence-electron chi connectivity index (χ1n) is 5.51. The molecule has 1 fully saturated rings. The molecule has 0 unspecified atom stereocenters. The molecule has 1 aliphatic rings. The first kappa shape index (κ1) is 10.0. The van der Waals surface area contributed by atoms with Gasteiger partial charge in [-0.25, -0.2) is 0 Å². The van der Waals surface area contributed by atoms with E-state index in [1.165, 1.54) is 37.7 Å². The van der Waals surface area contributed by atoms with Gasteiger partial charge in [-0.3, -0.25) is 0 Å². The molecular weight excluding hydrogens is 192 g/mol. The van der Waals surface area contributed by atoms with Crippen molar-refractivity contribution in [3.63, 3.8) is 0 Å². The van der Waals surface area contributed by atoms with Gasteiger partial charge in [0.05, 0.1) is 0 Å². The molecule has 0 N–H and O–H groups in total. The Bertz CT molecular complexity index is 287. The Hall–Kier alpha value is -0.490. The third kappa shape index (κ3) is 2.51. The van der Waals surface area contributed by atoms with Crippen LogP contribution in [-0.2, 0) is 6.42 Å². The van der Waals surface area contributed by atoms with Crippen LogP contribution in [0.15, 0.2) is 18.2 Å². The lowest BCUT2D eigenvalue weighted by Crippen LogP contribution is -2.09. The molecule has 0 bridgehead atoms. The molecule has 1 radical (unpaired) electrons. The van der Waals surface area contributed by atoms with Crippen LogP contribution in [0, 0.1) is 12.0 Å². The Kier molecular flexibility index (Phi) is 3.47. The second-order valence-corrected chi connectivity index (χ2v) is 4.63. The summed E-state index contributed by atoms with van der Waals surface area (Å²) in [5, 5.41) is 0.911. The molecule has 1 saturated carbocycles. The summed E-state index contributed by atoms with van der Waals surface area (Å²) in [6.07, 6.45) is 8.13. The maximum absolute atomic E-state index is 6.12. The molecule has 0 aliphatic heterocycles.